The van der Waals surface area contributed by atoms with Gasteiger partial charge in [0.05, 0.1) is 12.2 Å². The number of likely N-dealkylation sites (N-methyl/N-ethyl adjacent to an activating group) is 2. The Labute approximate surface area is 105 Å². The second-order valence-corrected chi connectivity index (χ2v) is 3.83. The zero-order chi connectivity index (χ0) is 13.5. The Morgan fingerprint density at radius 3 is 2.78 bits per heavy atom. The van der Waals surface area contributed by atoms with Crippen molar-refractivity contribution in [3.05, 3.63) is 29.6 Å². The standard InChI is InChI=1S/C11H17N5O2/c1-13-10(17)7-16(2)6-8-4-3-5-9(14-8)11(18)15-12/h3-5H,6-7,12H2,1-2H3,(H,13,17)(H,15,18). The minimum Gasteiger partial charge on any atom is -0.358 e. The highest BCUT2D eigenvalue weighted by atomic mass is 16.2. The second-order valence-electron chi connectivity index (χ2n) is 3.83. The lowest BCUT2D eigenvalue weighted by Gasteiger charge is -2.15. The molecule has 7 nitrogen and oxygen atoms in total. The number of carbonyl (C=O) groups excluding carboxylic acids is 2. The van der Waals surface area contributed by atoms with Gasteiger partial charge in [-0.15, -0.1) is 0 Å². The highest BCUT2D eigenvalue weighted by Gasteiger charge is 2.09. The molecule has 0 fully saturated rings. The van der Waals surface area contributed by atoms with Gasteiger partial charge in [0.25, 0.3) is 5.91 Å². The van der Waals surface area contributed by atoms with Crippen LogP contribution in [0.15, 0.2) is 18.2 Å². The van der Waals surface area contributed by atoms with Crippen molar-refractivity contribution in [3.63, 3.8) is 0 Å². The molecule has 0 bridgehead atoms. The van der Waals surface area contributed by atoms with E-state index >= 15 is 0 Å². The van der Waals surface area contributed by atoms with Crippen LogP contribution in [0.4, 0.5) is 0 Å². The van der Waals surface area contributed by atoms with Crippen molar-refractivity contribution < 1.29 is 9.59 Å². The fourth-order valence-corrected chi connectivity index (χ4v) is 1.42. The minimum absolute atomic E-state index is 0.0756. The Bertz CT molecular complexity index is 435. The molecular weight excluding hydrogens is 234 g/mol. The van der Waals surface area contributed by atoms with E-state index in [9.17, 15) is 9.59 Å². The van der Waals surface area contributed by atoms with Crippen LogP contribution >= 0.6 is 0 Å². The van der Waals surface area contributed by atoms with Gasteiger partial charge in [0.15, 0.2) is 0 Å². The number of hydrogen-bond acceptors (Lipinski definition) is 5. The summed E-state index contributed by atoms with van der Waals surface area (Å²) in [5.41, 5.74) is 2.97. The third-order valence-corrected chi connectivity index (χ3v) is 2.29. The molecule has 7 heteroatoms. The molecule has 0 aliphatic carbocycles. The van der Waals surface area contributed by atoms with Gasteiger partial charge in [-0.2, -0.15) is 0 Å². The fourth-order valence-electron chi connectivity index (χ4n) is 1.42. The van der Waals surface area contributed by atoms with Crippen LogP contribution in [-0.4, -0.2) is 42.3 Å². The molecule has 0 unspecified atom stereocenters. The Balaban J connectivity index is 2.67. The lowest BCUT2D eigenvalue weighted by Crippen LogP contribution is -2.33. The van der Waals surface area contributed by atoms with Crippen molar-refractivity contribution in [1.29, 1.82) is 0 Å². The van der Waals surface area contributed by atoms with E-state index in [0.717, 1.165) is 0 Å². The summed E-state index contributed by atoms with van der Waals surface area (Å²) in [6.07, 6.45) is 0. The molecule has 0 saturated heterocycles. The maximum atomic E-state index is 11.3. The molecule has 2 amide bonds. The number of rotatable bonds is 5. The third-order valence-electron chi connectivity index (χ3n) is 2.29. The van der Waals surface area contributed by atoms with Crippen molar-refractivity contribution in [2.75, 3.05) is 20.6 Å². The first-order valence-electron chi connectivity index (χ1n) is 5.42. The first-order valence-corrected chi connectivity index (χ1v) is 5.42. The quantitative estimate of drug-likeness (QED) is 0.349. The van der Waals surface area contributed by atoms with E-state index in [1.807, 2.05) is 5.43 Å². The molecule has 1 heterocycles. The van der Waals surface area contributed by atoms with Gasteiger partial charge in [0.1, 0.15) is 5.69 Å². The Hall–Kier alpha value is -1.99. The van der Waals surface area contributed by atoms with Gasteiger partial charge in [-0.25, -0.2) is 10.8 Å². The molecule has 0 aliphatic rings. The van der Waals surface area contributed by atoms with Crippen LogP contribution < -0.4 is 16.6 Å². The molecule has 0 aromatic carbocycles. The Kier molecular flexibility index (Phi) is 5.22. The van der Waals surface area contributed by atoms with Gasteiger partial charge in [-0.05, 0) is 19.2 Å². The van der Waals surface area contributed by atoms with Crippen LogP contribution in [0.25, 0.3) is 0 Å². The smallest absolute Gasteiger partial charge is 0.283 e. The molecule has 0 atom stereocenters. The molecule has 4 N–H and O–H groups in total. The van der Waals surface area contributed by atoms with E-state index in [2.05, 4.69) is 10.3 Å². The first kappa shape index (κ1) is 14.1. The summed E-state index contributed by atoms with van der Waals surface area (Å²) in [4.78, 5) is 28.4. The number of nitrogens with zero attached hydrogens (tertiary/aromatic N) is 2. The van der Waals surface area contributed by atoms with Crippen molar-refractivity contribution in [3.8, 4) is 0 Å². The number of pyridine rings is 1. The highest BCUT2D eigenvalue weighted by molar-refractivity contribution is 5.91. The second kappa shape index (κ2) is 6.67. The summed E-state index contributed by atoms with van der Waals surface area (Å²) in [7, 11) is 3.38. The maximum Gasteiger partial charge on any atom is 0.283 e. The summed E-state index contributed by atoms with van der Waals surface area (Å²) in [5, 5.41) is 2.54. The average molecular weight is 251 g/mol. The van der Waals surface area contributed by atoms with Gasteiger partial charge < -0.3 is 5.32 Å². The number of carbonyl (C=O) groups is 2. The van der Waals surface area contributed by atoms with Crippen LogP contribution in [0.2, 0.25) is 0 Å². The monoisotopic (exact) mass is 251 g/mol. The molecule has 0 aliphatic heterocycles. The topological polar surface area (TPSA) is 100 Å². The summed E-state index contributed by atoms with van der Waals surface area (Å²) >= 11 is 0. The summed E-state index contributed by atoms with van der Waals surface area (Å²) in [6.45, 7) is 0.741. The lowest BCUT2D eigenvalue weighted by atomic mass is 10.3. The molecule has 1 aromatic heterocycles. The largest absolute Gasteiger partial charge is 0.358 e. The van der Waals surface area contributed by atoms with Crippen LogP contribution in [0.3, 0.4) is 0 Å². The van der Waals surface area contributed by atoms with Crippen LogP contribution in [0, 0.1) is 0 Å². The van der Waals surface area contributed by atoms with Gasteiger partial charge in [-0.3, -0.25) is 19.9 Å². The molecule has 98 valence electrons. The fraction of sp³-hybridized carbons (Fsp3) is 0.364. The molecule has 0 spiro atoms. The Morgan fingerprint density at radius 2 is 2.17 bits per heavy atom. The summed E-state index contributed by atoms with van der Waals surface area (Å²) < 4.78 is 0. The predicted octanol–water partition coefficient (Wildman–Crippen LogP) is -1.14. The van der Waals surface area contributed by atoms with Crippen LogP contribution in [-0.2, 0) is 11.3 Å². The van der Waals surface area contributed by atoms with E-state index in [1.54, 1.807) is 37.2 Å². The molecule has 1 rings (SSSR count). The Morgan fingerprint density at radius 1 is 1.44 bits per heavy atom. The maximum absolute atomic E-state index is 11.3. The minimum atomic E-state index is -0.439. The predicted molar refractivity (Wildman–Crippen MR) is 66.3 cm³/mol. The van der Waals surface area contributed by atoms with Crippen molar-refractivity contribution in [1.82, 2.24) is 20.6 Å². The number of nitrogen functional groups attached to an aromatic ring is 1. The average Bonchev–Trinajstić information content (AvgIpc) is 2.37. The van der Waals surface area contributed by atoms with Crippen molar-refractivity contribution in [2.45, 2.75) is 6.54 Å². The van der Waals surface area contributed by atoms with Crippen LogP contribution in [0.5, 0.6) is 0 Å². The molecule has 0 saturated carbocycles. The summed E-state index contributed by atoms with van der Waals surface area (Å²) in [6, 6.07) is 5.08. The SMILES string of the molecule is CNC(=O)CN(C)Cc1cccc(C(=O)NN)n1. The highest BCUT2D eigenvalue weighted by Crippen LogP contribution is 2.02. The van der Waals surface area contributed by atoms with Gasteiger partial charge >= 0.3 is 0 Å². The number of nitrogens with one attached hydrogen (secondary N) is 2. The van der Waals surface area contributed by atoms with Crippen LogP contribution in [0.1, 0.15) is 16.2 Å². The van der Waals surface area contributed by atoms with Gasteiger partial charge in [-0.1, -0.05) is 6.07 Å². The van der Waals surface area contributed by atoms with E-state index in [1.165, 1.54) is 0 Å². The number of amides is 2. The van der Waals surface area contributed by atoms with E-state index in [4.69, 9.17) is 5.84 Å². The number of hydrogen-bond donors (Lipinski definition) is 3. The van der Waals surface area contributed by atoms with Gasteiger partial charge in [0, 0.05) is 13.6 Å². The molecule has 18 heavy (non-hydrogen) atoms. The number of nitrogens with two attached hydrogens (primary N) is 1. The van der Waals surface area contributed by atoms with Crippen molar-refractivity contribution >= 4 is 11.8 Å². The summed E-state index contributed by atoms with van der Waals surface area (Å²) in [5.74, 6) is 4.52. The zero-order valence-electron chi connectivity index (χ0n) is 10.4. The molecule has 0 radical (unpaired) electrons. The van der Waals surface area contributed by atoms with E-state index in [-0.39, 0.29) is 18.1 Å². The van der Waals surface area contributed by atoms with Gasteiger partial charge in [0.2, 0.25) is 5.91 Å². The van der Waals surface area contributed by atoms with E-state index in [0.29, 0.717) is 12.2 Å². The molecule has 1 aromatic rings. The number of hydrazine groups is 1. The van der Waals surface area contributed by atoms with E-state index < -0.39 is 5.91 Å². The number of aromatic nitrogens is 1. The lowest BCUT2D eigenvalue weighted by molar-refractivity contribution is -0.121. The zero-order valence-corrected chi connectivity index (χ0v) is 10.4. The molecular formula is C11H17N5O2. The first-order chi connectivity index (χ1) is 8.56. The normalized spacial score (nSPS) is 10.2. The third kappa shape index (κ3) is 4.11. The van der Waals surface area contributed by atoms with Crippen molar-refractivity contribution in [2.24, 2.45) is 5.84 Å².